The molecule has 0 saturated heterocycles. The number of hydrogen-bond donors (Lipinski definition) is 2. The molecule has 1 aromatic carbocycles. The minimum Gasteiger partial charge on any atom is -0.481 e. The topological polar surface area (TPSA) is 49.3 Å². The van der Waals surface area contributed by atoms with Crippen LogP contribution in [0.25, 0.3) is 0 Å². The molecule has 0 spiro atoms. The van der Waals surface area contributed by atoms with Crippen molar-refractivity contribution in [3.63, 3.8) is 0 Å². The number of nitrogens with one attached hydrogen (secondary N) is 1. The van der Waals surface area contributed by atoms with Gasteiger partial charge in [-0.15, -0.1) is 0 Å². The molecule has 0 saturated carbocycles. The molecule has 0 aromatic heterocycles. The third-order valence-electron chi connectivity index (χ3n) is 2.80. The number of hydrogen-bond acceptors (Lipinski definition) is 2. The van der Waals surface area contributed by atoms with Gasteiger partial charge in [-0.05, 0) is 30.9 Å². The molecule has 2 N–H and O–H groups in total. The van der Waals surface area contributed by atoms with Crippen molar-refractivity contribution in [1.29, 1.82) is 0 Å². The number of rotatable bonds is 5. The summed E-state index contributed by atoms with van der Waals surface area (Å²) in [4.78, 5) is 10.7. The first kappa shape index (κ1) is 13.6. The molecule has 0 radical (unpaired) electrons. The number of aliphatic carboxylic acids is 1. The van der Waals surface area contributed by atoms with Crippen LogP contribution in [0.15, 0.2) is 18.2 Å². The van der Waals surface area contributed by atoms with Gasteiger partial charge < -0.3 is 10.4 Å². The molecule has 1 aromatic rings. The summed E-state index contributed by atoms with van der Waals surface area (Å²) in [6.07, 6.45) is 0.131. The second kappa shape index (κ2) is 5.71. The largest absolute Gasteiger partial charge is 0.481 e. The summed E-state index contributed by atoms with van der Waals surface area (Å²) in [7, 11) is 0. The standard InChI is InChI=1S/C14H21NO2/c1-9(2)12-7-5-6-10(3)14(12)15-11(4)8-13(16)17/h5-7,9,11,15H,8H2,1-4H3,(H,16,17). The maximum absolute atomic E-state index is 10.7. The number of carbonyl (C=O) groups is 1. The van der Waals surface area contributed by atoms with E-state index in [1.807, 2.05) is 26.0 Å². The van der Waals surface area contributed by atoms with Gasteiger partial charge in [-0.2, -0.15) is 0 Å². The van der Waals surface area contributed by atoms with E-state index in [9.17, 15) is 4.79 Å². The average Bonchev–Trinajstić information content (AvgIpc) is 2.19. The zero-order valence-corrected chi connectivity index (χ0v) is 10.9. The molecule has 94 valence electrons. The van der Waals surface area contributed by atoms with E-state index in [1.165, 1.54) is 5.56 Å². The number of aryl methyl sites for hydroxylation is 1. The lowest BCUT2D eigenvalue weighted by Gasteiger charge is -2.20. The Morgan fingerprint density at radius 2 is 2.00 bits per heavy atom. The molecule has 1 atom stereocenters. The number of para-hydroxylation sites is 1. The number of benzene rings is 1. The first-order valence-electron chi connectivity index (χ1n) is 5.99. The molecule has 3 heteroatoms. The zero-order chi connectivity index (χ0) is 13.0. The van der Waals surface area contributed by atoms with E-state index >= 15 is 0 Å². The predicted octanol–water partition coefficient (Wildman–Crippen LogP) is 3.39. The van der Waals surface area contributed by atoms with Gasteiger partial charge in [0.25, 0.3) is 0 Å². The molecule has 0 aliphatic rings. The highest BCUT2D eigenvalue weighted by atomic mass is 16.4. The van der Waals surface area contributed by atoms with Gasteiger partial charge in [0, 0.05) is 11.7 Å². The van der Waals surface area contributed by atoms with Gasteiger partial charge in [-0.1, -0.05) is 32.0 Å². The van der Waals surface area contributed by atoms with Crippen molar-refractivity contribution < 1.29 is 9.90 Å². The Morgan fingerprint density at radius 1 is 1.35 bits per heavy atom. The first-order valence-corrected chi connectivity index (χ1v) is 5.99. The molecular weight excluding hydrogens is 214 g/mol. The summed E-state index contributed by atoms with van der Waals surface area (Å²) in [6, 6.07) is 6.11. The SMILES string of the molecule is Cc1cccc(C(C)C)c1NC(C)CC(=O)O. The highest BCUT2D eigenvalue weighted by Crippen LogP contribution is 2.28. The summed E-state index contributed by atoms with van der Waals surface area (Å²) in [5.41, 5.74) is 3.48. The normalized spacial score (nSPS) is 12.5. The van der Waals surface area contributed by atoms with Crippen LogP contribution in [0, 0.1) is 6.92 Å². The molecule has 0 bridgehead atoms. The average molecular weight is 235 g/mol. The van der Waals surface area contributed by atoms with Gasteiger partial charge in [0.15, 0.2) is 0 Å². The molecule has 1 rings (SSSR count). The van der Waals surface area contributed by atoms with Crippen LogP contribution >= 0.6 is 0 Å². The maximum Gasteiger partial charge on any atom is 0.305 e. The fourth-order valence-electron chi connectivity index (χ4n) is 1.93. The Balaban J connectivity index is 2.92. The minimum atomic E-state index is -0.773. The lowest BCUT2D eigenvalue weighted by molar-refractivity contribution is -0.137. The van der Waals surface area contributed by atoms with Crippen molar-refractivity contribution in [2.45, 2.75) is 46.1 Å². The van der Waals surface area contributed by atoms with Crippen LogP contribution in [0.4, 0.5) is 5.69 Å². The Hall–Kier alpha value is -1.51. The quantitative estimate of drug-likeness (QED) is 0.822. The lowest BCUT2D eigenvalue weighted by atomic mass is 9.97. The molecule has 3 nitrogen and oxygen atoms in total. The molecular formula is C14H21NO2. The fraction of sp³-hybridized carbons (Fsp3) is 0.500. The molecule has 0 heterocycles. The van der Waals surface area contributed by atoms with E-state index in [2.05, 4.69) is 25.2 Å². The summed E-state index contributed by atoms with van der Waals surface area (Å²) in [5.74, 6) is -0.348. The maximum atomic E-state index is 10.7. The van der Waals surface area contributed by atoms with E-state index in [0.717, 1.165) is 11.3 Å². The predicted molar refractivity (Wildman–Crippen MR) is 70.6 cm³/mol. The highest BCUT2D eigenvalue weighted by Gasteiger charge is 2.13. The van der Waals surface area contributed by atoms with Gasteiger partial charge in [0.05, 0.1) is 6.42 Å². The Bertz CT molecular complexity index is 399. The van der Waals surface area contributed by atoms with Gasteiger partial charge >= 0.3 is 5.97 Å². The van der Waals surface area contributed by atoms with E-state index < -0.39 is 5.97 Å². The van der Waals surface area contributed by atoms with Crippen molar-refractivity contribution in [2.75, 3.05) is 5.32 Å². The second-order valence-corrected chi connectivity index (χ2v) is 4.84. The van der Waals surface area contributed by atoms with E-state index in [-0.39, 0.29) is 12.5 Å². The fourth-order valence-corrected chi connectivity index (χ4v) is 1.93. The molecule has 1 unspecified atom stereocenters. The van der Waals surface area contributed by atoms with E-state index in [0.29, 0.717) is 5.92 Å². The minimum absolute atomic E-state index is 0.0638. The third kappa shape index (κ3) is 3.77. The molecule has 17 heavy (non-hydrogen) atoms. The third-order valence-corrected chi connectivity index (χ3v) is 2.80. The summed E-state index contributed by atoms with van der Waals surface area (Å²) in [5, 5.41) is 12.1. The highest BCUT2D eigenvalue weighted by molar-refractivity contribution is 5.69. The van der Waals surface area contributed by atoms with Crippen LogP contribution < -0.4 is 5.32 Å². The number of anilines is 1. The Kier molecular flexibility index (Phi) is 4.55. The van der Waals surface area contributed by atoms with Crippen molar-refractivity contribution >= 4 is 11.7 Å². The van der Waals surface area contributed by atoms with Crippen LogP contribution in [0.2, 0.25) is 0 Å². The van der Waals surface area contributed by atoms with Gasteiger partial charge in [-0.25, -0.2) is 0 Å². The van der Waals surface area contributed by atoms with Crippen LogP contribution in [-0.4, -0.2) is 17.1 Å². The number of carboxylic acid groups (broad SMARTS) is 1. The summed E-state index contributed by atoms with van der Waals surface area (Å²) in [6.45, 7) is 8.22. The van der Waals surface area contributed by atoms with Crippen LogP contribution in [0.3, 0.4) is 0 Å². The second-order valence-electron chi connectivity index (χ2n) is 4.84. The molecule has 0 aliphatic carbocycles. The molecule has 0 aliphatic heterocycles. The van der Waals surface area contributed by atoms with Crippen molar-refractivity contribution in [1.82, 2.24) is 0 Å². The number of carboxylic acids is 1. The van der Waals surface area contributed by atoms with Crippen molar-refractivity contribution in [3.8, 4) is 0 Å². The van der Waals surface area contributed by atoms with Crippen LogP contribution in [0.1, 0.15) is 44.2 Å². The van der Waals surface area contributed by atoms with Crippen LogP contribution in [-0.2, 0) is 4.79 Å². The monoisotopic (exact) mass is 235 g/mol. The van der Waals surface area contributed by atoms with Crippen molar-refractivity contribution in [2.24, 2.45) is 0 Å². The molecule has 0 fully saturated rings. The molecule has 0 amide bonds. The zero-order valence-electron chi connectivity index (χ0n) is 10.9. The smallest absolute Gasteiger partial charge is 0.305 e. The van der Waals surface area contributed by atoms with Gasteiger partial charge in [-0.3, -0.25) is 4.79 Å². The van der Waals surface area contributed by atoms with Crippen molar-refractivity contribution in [3.05, 3.63) is 29.3 Å². The Labute approximate surface area is 103 Å². The van der Waals surface area contributed by atoms with E-state index in [4.69, 9.17) is 5.11 Å². The lowest BCUT2D eigenvalue weighted by Crippen LogP contribution is -2.20. The first-order chi connectivity index (χ1) is 7.91. The van der Waals surface area contributed by atoms with E-state index in [1.54, 1.807) is 0 Å². The van der Waals surface area contributed by atoms with Gasteiger partial charge in [0.2, 0.25) is 0 Å². The summed E-state index contributed by atoms with van der Waals surface area (Å²) >= 11 is 0. The summed E-state index contributed by atoms with van der Waals surface area (Å²) < 4.78 is 0. The van der Waals surface area contributed by atoms with Gasteiger partial charge in [0.1, 0.15) is 0 Å². The Morgan fingerprint density at radius 3 is 2.53 bits per heavy atom. The van der Waals surface area contributed by atoms with Crippen LogP contribution in [0.5, 0.6) is 0 Å².